The second kappa shape index (κ2) is 8.48. The van der Waals surface area contributed by atoms with Gasteiger partial charge in [-0.2, -0.15) is 0 Å². The van der Waals surface area contributed by atoms with Crippen LogP contribution in [0.5, 0.6) is 0 Å². The lowest BCUT2D eigenvalue weighted by molar-refractivity contribution is -0.125. The monoisotopic (exact) mass is 357 g/mol. The van der Waals surface area contributed by atoms with Crippen molar-refractivity contribution in [2.24, 2.45) is 0 Å². The highest BCUT2D eigenvalue weighted by Crippen LogP contribution is 2.21. The van der Waals surface area contributed by atoms with Crippen LogP contribution in [0.4, 0.5) is 0 Å². The van der Waals surface area contributed by atoms with Crippen molar-refractivity contribution in [2.75, 3.05) is 13.6 Å². The number of hydrogen-bond acceptors (Lipinski definition) is 3. The van der Waals surface area contributed by atoms with Crippen molar-refractivity contribution in [2.45, 2.75) is 31.6 Å². The minimum absolute atomic E-state index is 0.0896. The van der Waals surface area contributed by atoms with E-state index in [1.807, 2.05) is 42.5 Å². The molecule has 2 aromatic carbocycles. The van der Waals surface area contributed by atoms with Gasteiger partial charge in [-0.25, -0.2) is 0 Å². The molecule has 2 N–H and O–H groups in total. The van der Waals surface area contributed by atoms with Gasteiger partial charge in [-0.05, 0) is 29.7 Å². The average Bonchev–Trinajstić information content (AvgIpc) is 3.04. The molecule has 0 unspecified atom stereocenters. The number of likely N-dealkylation sites (N-methyl/N-ethyl adjacent to an activating group) is 1. The zero-order chi connectivity index (χ0) is 17.6. The molecule has 0 bridgehead atoms. The standard InChI is InChI=1S/C20H24ClN3O/c1-22-20(25)19-11-18(23-12-15-7-9-17(21)10-8-15)14-24(19)13-16-5-3-2-4-6-16/h2-10,18-19,23H,11-14H2,1H3,(H,22,25)/t18-,19-/m0/s1. The van der Waals surface area contributed by atoms with Crippen molar-refractivity contribution in [1.82, 2.24) is 15.5 Å². The molecular weight excluding hydrogens is 334 g/mol. The number of amides is 1. The number of benzene rings is 2. The molecule has 1 fully saturated rings. The number of carbonyl (C=O) groups is 1. The maximum Gasteiger partial charge on any atom is 0.237 e. The van der Waals surface area contributed by atoms with Crippen LogP contribution < -0.4 is 10.6 Å². The highest BCUT2D eigenvalue weighted by molar-refractivity contribution is 6.30. The zero-order valence-electron chi connectivity index (χ0n) is 14.4. The minimum Gasteiger partial charge on any atom is -0.358 e. The van der Waals surface area contributed by atoms with Crippen molar-refractivity contribution < 1.29 is 4.79 Å². The Bertz CT molecular complexity index is 690. The third kappa shape index (κ3) is 4.82. The second-order valence-electron chi connectivity index (χ2n) is 6.49. The van der Waals surface area contributed by atoms with Gasteiger partial charge in [0.15, 0.2) is 0 Å². The highest BCUT2D eigenvalue weighted by atomic mass is 35.5. The Balaban J connectivity index is 1.62. The van der Waals surface area contributed by atoms with Crippen LogP contribution in [0.3, 0.4) is 0 Å². The molecule has 0 aromatic heterocycles. The summed E-state index contributed by atoms with van der Waals surface area (Å²) < 4.78 is 0. The van der Waals surface area contributed by atoms with Gasteiger partial charge < -0.3 is 10.6 Å². The molecule has 132 valence electrons. The normalized spacial score (nSPS) is 20.6. The third-order valence-corrected chi connectivity index (χ3v) is 4.94. The van der Waals surface area contributed by atoms with E-state index in [0.717, 1.165) is 31.1 Å². The van der Waals surface area contributed by atoms with Crippen molar-refractivity contribution in [1.29, 1.82) is 0 Å². The number of carbonyl (C=O) groups excluding carboxylic acids is 1. The molecule has 2 atom stereocenters. The molecule has 0 radical (unpaired) electrons. The van der Waals surface area contributed by atoms with Crippen LogP contribution >= 0.6 is 11.6 Å². The molecule has 0 saturated carbocycles. The largest absolute Gasteiger partial charge is 0.358 e. The molecule has 2 aromatic rings. The van der Waals surface area contributed by atoms with Crippen LogP contribution in [-0.2, 0) is 17.9 Å². The molecular formula is C20H24ClN3O. The molecule has 4 nitrogen and oxygen atoms in total. The molecule has 0 spiro atoms. The molecule has 1 heterocycles. The molecule has 5 heteroatoms. The summed E-state index contributed by atoms with van der Waals surface area (Å²) in [6.45, 7) is 2.43. The van der Waals surface area contributed by atoms with E-state index < -0.39 is 0 Å². The first-order chi connectivity index (χ1) is 12.2. The van der Waals surface area contributed by atoms with Crippen LogP contribution in [0.2, 0.25) is 5.02 Å². The van der Waals surface area contributed by atoms with Crippen molar-refractivity contribution in [3.8, 4) is 0 Å². The summed E-state index contributed by atoms with van der Waals surface area (Å²) in [4.78, 5) is 14.5. The summed E-state index contributed by atoms with van der Waals surface area (Å²) in [5, 5.41) is 7.13. The molecule has 1 aliphatic heterocycles. The number of likely N-dealkylation sites (tertiary alicyclic amines) is 1. The molecule has 1 amide bonds. The first kappa shape index (κ1) is 17.9. The van der Waals surface area contributed by atoms with E-state index in [4.69, 9.17) is 11.6 Å². The van der Waals surface area contributed by atoms with Gasteiger partial charge in [-0.1, -0.05) is 54.1 Å². The lowest BCUT2D eigenvalue weighted by Crippen LogP contribution is -2.41. The lowest BCUT2D eigenvalue weighted by Gasteiger charge is -2.22. The molecule has 1 saturated heterocycles. The van der Waals surface area contributed by atoms with Crippen molar-refractivity contribution in [3.63, 3.8) is 0 Å². The summed E-state index contributed by atoms with van der Waals surface area (Å²) in [5.41, 5.74) is 2.43. The van der Waals surface area contributed by atoms with E-state index in [1.165, 1.54) is 11.1 Å². The fourth-order valence-corrected chi connectivity index (χ4v) is 3.47. The predicted molar refractivity (Wildman–Crippen MR) is 101 cm³/mol. The van der Waals surface area contributed by atoms with Gasteiger partial charge in [-0.15, -0.1) is 0 Å². The Morgan fingerprint density at radius 2 is 1.84 bits per heavy atom. The van der Waals surface area contributed by atoms with Gasteiger partial charge in [0.1, 0.15) is 0 Å². The van der Waals surface area contributed by atoms with Crippen LogP contribution in [0.15, 0.2) is 54.6 Å². The Labute approximate surface area is 154 Å². The van der Waals surface area contributed by atoms with Crippen LogP contribution in [-0.4, -0.2) is 36.5 Å². The van der Waals surface area contributed by atoms with Crippen molar-refractivity contribution in [3.05, 3.63) is 70.7 Å². The smallest absolute Gasteiger partial charge is 0.237 e. The first-order valence-corrected chi connectivity index (χ1v) is 9.01. The Hall–Kier alpha value is -1.88. The number of nitrogens with zero attached hydrogens (tertiary/aromatic N) is 1. The van der Waals surface area contributed by atoms with E-state index in [0.29, 0.717) is 6.04 Å². The second-order valence-corrected chi connectivity index (χ2v) is 6.92. The Morgan fingerprint density at radius 1 is 1.12 bits per heavy atom. The number of rotatable bonds is 6. The van der Waals surface area contributed by atoms with Crippen LogP contribution in [0, 0.1) is 0 Å². The quantitative estimate of drug-likeness (QED) is 0.835. The first-order valence-electron chi connectivity index (χ1n) is 8.63. The van der Waals surface area contributed by atoms with Gasteiger partial charge in [0.25, 0.3) is 0 Å². The highest BCUT2D eigenvalue weighted by Gasteiger charge is 2.35. The minimum atomic E-state index is -0.0899. The van der Waals surface area contributed by atoms with Crippen LogP contribution in [0.1, 0.15) is 17.5 Å². The van der Waals surface area contributed by atoms with E-state index in [1.54, 1.807) is 7.05 Å². The summed E-state index contributed by atoms with van der Waals surface area (Å²) >= 11 is 5.93. The van der Waals surface area contributed by atoms with E-state index in [2.05, 4.69) is 27.7 Å². The molecule has 3 rings (SSSR count). The molecule has 0 aliphatic carbocycles. The van der Waals surface area contributed by atoms with Gasteiger partial charge in [0, 0.05) is 37.7 Å². The van der Waals surface area contributed by atoms with Crippen LogP contribution in [0.25, 0.3) is 0 Å². The molecule has 25 heavy (non-hydrogen) atoms. The average molecular weight is 358 g/mol. The van der Waals surface area contributed by atoms with Gasteiger partial charge >= 0.3 is 0 Å². The summed E-state index contributed by atoms with van der Waals surface area (Å²) in [6, 6.07) is 18.4. The van der Waals surface area contributed by atoms with Gasteiger partial charge in [0.2, 0.25) is 5.91 Å². The fourth-order valence-electron chi connectivity index (χ4n) is 3.35. The lowest BCUT2D eigenvalue weighted by atomic mass is 10.1. The third-order valence-electron chi connectivity index (χ3n) is 4.69. The fraction of sp³-hybridized carbons (Fsp3) is 0.350. The van der Waals surface area contributed by atoms with E-state index in [9.17, 15) is 4.79 Å². The Morgan fingerprint density at radius 3 is 2.52 bits per heavy atom. The maximum atomic E-state index is 12.3. The summed E-state index contributed by atoms with van der Waals surface area (Å²) in [7, 11) is 1.71. The van der Waals surface area contributed by atoms with Crippen molar-refractivity contribution >= 4 is 17.5 Å². The SMILES string of the molecule is CNC(=O)[C@@H]1C[C@H](NCc2ccc(Cl)cc2)CN1Cc1ccccc1. The van der Waals surface area contributed by atoms with Gasteiger partial charge in [0.05, 0.1) is 6.04 Å². The number of nitrogens with one attached hydrogen (secondary N) is 2. The summed E-state index contributed by atoms with van der Waals surface area (Å²) in [6.07, 6.45) is 0.820. The molecule has 1 aliphatic rings. The zero-order valence-corrected chi connectivity index (χ0v) is 15.2. The Kier molecular flexibility index (Phi) is 6.08. The topological polar surface area (TPSA) is 44.4 Å². The summed E-state index contributed by atoms with van der Waals surface area (Å²) in [5.74, 6) is 0.0896. The predicted octanol–water partition coefficient (Wildman–Crippen LogP) is 2.82. The van der Waals surface area contributed by atoms with Gasteiger partial charge in [-0.3, -0.25) is 9.69 Å². The van der Waals surface area contributed by atoms with E-state index >= 15 is 0 Å². The van der Waals surface area contributed by atoms with E-state index in [-0.39, 0.29) is 11.9 Å². The number of halogens is 1. The number of hydrogen-bond donors (Lipinski definition) is 2. The maximum absolute atomic E-state index is 12.3.